The summed E-state index contributed by atoms with van der Waals surface area (Å²) in [5.41, 5.74) is 0. The summed E-state index contributed by atoms with van der Waals surface area (Å²) < 4.78 is 11.9. The van der Waals surface area contributed by atoms with E-state index in [4.69, 9.17) is 9.47 Å². The van der Waals surface area contributed by atoms with Crippen LogP contribution in [0.2, 0.25) is 0 Å². The van der Waals surface area contributed by atoms with Crippen molar-refractivity contribution in [3.05, 3.63) is 0 Å². The summed E-state index contributed by atoms with van der Waals surface area (Å²) >= 11 is 0. The fourth-order valence-electron chi connectivity index (χ4n) is 4.11. The Bertz CT molecular complexity index is 263. The van der Waals surface area contributed by atoms with Crippen molar-refractivity contribution in [2.24, 2.45) is 5.92 Å². The van der Waals surface area contributed by atoms with Gasteiger partial charge in [0.05, 0.1) is 19.3 Å². The van der Waals surface area contributed by atoms with Crippen LogP contribution in [0.25, 0.3) is 0 Å². The van der Waals surface area contributed by atoms with Crippen molar-refractivity contribution in [3.8, 4) is 0 Å². The van der Waals surface area contributed by atoms with Gasteiger partial charge in [-0.1, -0.05) is 13.3 Å². The maximum Gasteiger partial charge on any atom is 0.184 e. The minimum Gasteiger partial charge on any atom is -0.346 e. The molecule has 0 aromatic carbocycles. The summed E-state index contributed by atoms with van der Waals surface area (Å²) in [5, 5.41) is 0. The molecule has 3 aliphatic heterocycles. The van der Waals surface area contributed by atoms with E-state index in [1.807, 2.05) is 0 Å². The normalized spacial score (nSPS) is 42.0. The van der Waals surface area contributed by atoms with Crippen LogP contribution in [0.5, 0.6) is 0 Å². The van der Waals surface area contributed by atoms with Gasteiger partial charge in [-0.2, -0.15) is 0 Å². The van der Waals surface area contributed by atoms with E-state index >= 15 is 0 Å². The van der Waals surface area contributed by atoms with Gasteiger partial charge in [-0.05, 0) is 32.2 Å². The fourth-order valence-corrected chi connectivity index (χ4v) is 4.11. The Morgan fingerprint density at radius 3 is 2.75 bits per heavy atom. The highest BCUT2D eigenvalue weighted by Gasteiger charge is 2.56. The Labute approximate surface area is 98.1 Å². The maximum absolute atomic E-state index is 5.94. The molecule has 3 nitrogen and oxygen atoms in total. The quantitative estimate of drug-likeness (QED) is 0.717. The van der Waals surface area contributed by atoms with Gasteiger partial charge in [0.1, 0.15) is 0 Å². The molecule has 3 rings (SSSR count). The lowest BCUT2D eigenvalue weighted by Gasteiger charge is -2.43. The molecule has 3 fully saturated rings. The first kappa shape index (κ1) is 11.0. The molecule has 0 saturated carbocycles. The van der Waals surface area contributed by atoms with Crippen LogP contribution in [0.3, 0.4) is 0 Å². The van der Waals surface area contributed by atoms with Crippen molar-refractivity contribution < 1.29 is 9.47 Å². The van der Waals surface area contributed by atoms with E-state index < -0.39 is 0 Å². The van der Waals surface area contributed by atoms with Crippen LogP contribution in [0.15, 0.2) is 0 Å². The van der Waals surface area contributed by atoms with Crippen molar-refractivity contribution in [2.75, 3.05) is 20.3 Å². The minimum absolute atomic E-state index is 0.242. The SMILES string of the molecule is CCCC1C[C@H]2N(C)[C@@H]1CCC21OCCO1. The first-order valence-electron chi connectivity index (χ1n) is 6.76. The molecule has 0 aromatic heterocycles. The lowest BCUT2D eigenvalue weighted by molar-refractivity contribution is -0.215. The second-order valence-corrected chi connectivity index (χ2v) is 5.58. The number of hydrogen-bond donors (Lipinski definition) is 0. The third kappa shape index (κ3) is 1.45. The van der Waals surface area contributed by atoms with Gasteiger partial charge < -0.3 is 9.47 Å². The zero-order valence-corrected chi connectivity index (χ0v) is 10.4. The standard InChI is InChI=1S/C13H23NO2/c1-3-4-10-9-12-13(15-7-8-16-13)6-5-11(10)14(12)2/h10-12H,3-9H2,1-2H3/t10?,11-,12-/m1/s1. The third-order valence-electron chi connectivity index (χ3n) is 4.82. The summed E-state index contributed by atoms with van der Waals surface area (Å²) in [5.74, 6) is 0.625. The first-order chi connectivity index (χ1) is 7.77. The molecule has 3 heteroatoms. The van der Waals surface area contributed by atoms with Crippen LogP contribution in [-0.4, -0.2) is 43.0 Å². The van der Waals surface area contributed by atoms with Crippen molar-refractivity contribution >= 4 is 0 Å². The smallest absolute Gasteiger partial charge is 0.184 e. The van der Waals surface area contributed by atoms with Crippen LogP contribution >= 0.6 is 0 Å². The predicted molar refractivity (Wildman–Crippen MR) is 62.2 cm³/mol. The molecule has 0 amide bonds. The Morgan fingerprint density at radius 2 is 2.06 bits per heavy atom. The van der Waals surface area contributed by atoms with E-state index in [9.17, 15) is 0 Å². The molecule has 16 heavy (non-hydrogen) atoms. The number of piperidine rings is 1. The molecule has 0 aliphatic carbocycles. The number of fused-ring (bicyclic) bond motifs is 3. The molecule has 0 radical (unpaired) electrons. The van der Waals surface area contributed by atoms with E-state index in [1.165, 1.54) is 25.7 Å². The summed E-state index contributed by atoms with van der Waals surface area (Å²) in [6.07, 6.45) is 6.29. The second-order valence-electron chi connectivity index (χ2n) is 5.58. The number of rotatable bonds is 2. The van der Waals surface area contributed by atoms with Gasteiger partial charge in [-0.15, -0.1) is 0 Å². The topological polar surface area (TPSA) is 21.7 Å². The molecule has 3 saturated heterocycles. The van der Waals surface area contributed by atoms with E-state index in [2.05, 4.69) is 18.9 Å². The largest absolute Gasteiger partial charge is 0.346 e. The zero-order valence-electron chi connectivity index (χ0n) is 10.4. The van der Waals surface area contributed by atoms with E-state index in [-0.39, 0.29) is 5.79 Å². The van der Waals surface area contributed by atoms with Crippen LogP contribution in [-0.2, 0) is 9.47 Å². The summed E-state index contributed by atoms with van der Waals surface area (Å²) in [4.78, 5) is 2.54. The highest BCUT2D eigenvalue weighted by Crippen LogP contribution is 2.48. The van der Waals surface area contributed by atoms with Gasteiger partial charge in [0, 0.05) is 12.5 Å². The Balaban J connectivity index is 1.80. The highest BCUT2D eigenvalue weighted by atomic mass is 16.7. The maximum atomic E-state index is 5.94. The molecule has 3 heterocycles. The van der Waals surface area contributed by atoms with Crippen LogP contribution in [0, 0.1) is 5.92 Å². The lowest BCUT2D eigenvalue weighted by Crippen LogP contribution is -2.55. The van der Waals surface area contributed by atoms with Crippen molar-refractivity contribution in [1.82, 2.24) is 4.90 Å². The molecule has 1 unspecified atom stereocenters. The van der Waals surface area contributed by atoms with Crippen LogP contribution < -0.4 is 0 Å². The third-order valence-corrected chi connectivity index (χ3v) is 4.82. The Kier molecular flexibility index (Phi) is 2.73. The zero-order chi connectivity index (χ0) is 11.2. The van der Waals surface area contributed by atoms with Gasteiger partial charge >= 0.3 is 0 Å². The molecule has 3 atom stereocenters. The minimum atomic E-state index is -0.242. The van der Waals surface area contributed by atoms with E-state index in [0.29, 0.717) is 6.04 Å². The molecule has 0 N–H and O–H groups in total. The van der Waals surface area contributed by atoms with Crippen molar-refractivity contribution in [3.63, 3.8) is 0 Å². The van der Waals surface area contributed by atoms with Crippen LogP contribution in [0.4, 0.5) is 0 Å². The van der Waals surface area contributed by atoms with Gasteiger partial charge in [0.25, 0.3) is 0 Å². The van der Waals surface area contributed by atoms with Crippen molar-refractivity contribution in [1.29, 1.82) is 0 Å². The molecule has 0 aromatic rings. The Morgan fingerprint density at radius 1 is 1.31 bits per heavy atom. The summed E-state index contributed by atoms with van der Waals surface area (Å²) in [6, 6.07) is 1.29. The van der Waals surface area contributed by atoms with Gasteiger partial charge in [0.15, 0.2) is 5.79 Å². The number of hydrogen-bond acceptors (Lipinski definition) is 3. The molecular formula is C13H23NO2. The van der Waals surface area contributed by atoms with E-state index in [0.717, 1.165) is 31.6 Å². The Hall–Kier alpha value is -0.120. The van der Waals surface area contributed by atoms with Gasteiger partial charge in [0.2, 0.25) is 0 Å². The summed E-state index contributed by atoms with van der Waals surface area (Å²) in [7, 11) is 2.26. The average molecular weight is 225 g/mol. The van der Waals surface area contributed by atoms with Crippen LogP contribution in [0.1, 0.15) is 39.0 Å². The monoisotopic (exact) mass is 225 g/mol. The van der Waals surface area contributed by atoms with Crippen molar-refractivity contribution in [2.45, 2.75) is 56.9 Å². The number of nitrogens with zero attached hydrogens (tertiary/aromatic N) is 1. The number of ether oxygens (including phenoxy) is 2. The molecular weight excluding hydrogens is 202 g/mol. The molecule has 2 bridgehead atoms. The highest BCUT2D eigenvalue weighted by molar-refractivity contribution is 5.05. The van der Waals surface area contributed by atoms with Gasteiger partial charge in [-0.25, -0.2) is 0 Å². The van der Waals surface area contributed by atoms with Gasteiger partial charge in [-0.3, -0.25) is 4.90 Å². The predicted octanol–water partition coefficient (Wildman–Crippen LogP) is 2.01. The van der Waals surface area contributed by atoms with E-state index in [1.54, 1.807) is 0 Å². The lowest BCUT2D eigenvalue weighted by atomic mass is 9.93. The first-order valence-corrected chi connectivity index (χ1v) is 6.76. The fraction of sp³-hybridized carbons (Fsp3) is 1.00. The number of likely N-dealkylation sites (N-methyl/N-ethyl adjacent to an activating group) is 1. The summed E-state index contributed by atoms with van der Waals surface area (Å²) in [6.45, 7) is 3.86. The molecule has 1 spiro atoms. The molecule has 3 aliphatic rings. The second kappa shape index (κ2) is 3.97. The average Bonchev–Trinajstić information content (AvgIpc) is 2.79. The molecule has 92 valence electrons.